The summed E-state index contributed by atoms with van der Waals surface area (Å²) in [6, 6.07) is 14.7. The number of nitriles is 1. The molecule has 2 aromatic rings. The molecule has 6 heteroatoms. The van der Waals surface area contributed by atoms with Gasteiger partial charge in [0.15, 0.2) is 0 Å². The number of carbonyl (C=O) groups excluding carboxylic acids is 1. The zero-order valence-electron chi connectivity index (χ0n) is 11.4. The molecule has 0 unspecified atom stereocenters. The maximum Gasteiger partial charge on any atom is 0.276 e. The van der Waals surface area contributed by atoms with Crippen molar-refractivity contribution in [1.82, 2.24) is 0 Å². The molecule has 2 aromatic carbocycles. The first-order chi connectivity index (χ1) is 10.6. The molecule has 0 spiro atoms. The van der Waals surface area contributed by atoms with Crippen LogP contribution in [0.15, 0.2) is 54.6 Å². The molecule has 0 fully saturated rings. The van der Waals surface area contributed by atoms with E-state index in [1.54, 1.807) is 42.5 Å². The lowest BCUT2D eigenvalue weighted by molar-refractivity contribution is -0.385. The standard InChI is InChI=1S/C16H11N3O3/c17-11-13-6-1-3-7-14(13)18-16(20)10-9-12-5-2-4-8-15(12)19(21)22/h1-10H,(H,18,20)/b10-9+. The van der Waals surface area contributed by atoms with Crippen LogP contribution >= 0.6 is 0 Å². The molecule has 0 aliphatic carbocycles. The second kappa shape index (κ2) is 6.81. The largest absolute Gasteiger partial charge is 0.321 e. The minimum atomic E-state index is -0.511. The Bertz CT molecular complexity index is 791. The van der Waals surface area contributed by atoms with Crippen LogP contribution in [0.2, 0.25) is 0 Å². The van der Waals surface area contributed by atoms with E-state index in [0.717, 1.165) is 0 Å². The topological polar surface area (TPSA) is 96.0 Å². The van der Waals surface area contributed by atoms with Crippen molar-refractivity contribution >= 4 is 23.4 Å². The fourth-order valence-corrected chi connectivity index (χ4v) is 1.82. The number of anilines is 1. The first-order valence-corrected chi connectivity index (χ1v) is 6.33. The number of para-hydroxylation sites is 2. The lowest BCUT2D eigenvalue weighted by atomic mass is 10.1. The van der Waals surface area contributed by atoms with Crippen molar-refractivity contribution in [2.45, 2.75) is 0 Å². The van der Waals surface area contributed by atoms with Gasteiger partial charge in [-0.1, -0.05) is 24.3 Å². The molecule has 0 atom stereocenters. The smallest absolute Gasteiger partial charge is 0.276 e. The predicted molar refractivity (Wildman–Crippen MR) is 81.9 cm³/mol. The summed E-state index contributed by atoms with van der Waals surface area (Å²) in [7, 11) is 0. The van der Waals surface area contributed by atoms with Crippen molar-refractivity contribution in [2.75, 3.05) is 5.32 Å². The highest BCUT2D eigenvalue weighted by molar-refractivity contribution is 6.02. The average molecular weight is 293 g/mol. The second-order valence-electron chi connectivity index (χ2n) is 4.30. The third-order valence-electron chi connectivity index (χ3n) is 2.85. The fourth-order valence-electron chi connectivity index (χ4n) is 1.82. The van der Waals surface area contributed by atoms with Gasteiger partial charge < -0.3 is 5.32 Å². The summed E-state index contributed by atoms with van der Waals surface area (Å²) in [5.41, 5.74) is 0.984. The van der Waals surface area contributed by atoms with Crippen LogP contribution in [0, 0.1) is 21.4 Å². The normalized spacial score (nSPS) is 10.1. The summed E-state index contributed by atoms with van der Waals surface area (Å²) in [5, 5.41) is 22.4. The molecule has 0 bridgehead atoms. The number of nitrogens with one attached hydrogen (secondary N) is 1. The Morgan fingerprint density at radius 3 is 2.59 bits per heavy atom. The quantitative estimate of drug-likeness (QED) is 0.532. The third kappa shape index (κ3) is 3.55. The molecular weight excluding hydrogens is 282 g/mol. The van der Waals surface area contributed by atoms with Crippen LogP contribution in [0.25, 0.3) is 6.08 Å². The number of benzene rings is 2. The van der Waals surface area contributed by atoms with Crippen molar-refractivity contribution < 1.29 is 9.72 Å². The summed E-state index contributed by atoms with van der Waals surface area (Å²) in [6.07, 6.45) is 2.55. The number of nitro groups is 1. The van der Waals surface area contributed by atoms with Crippen molar-refractivity contribution in [3.8, 4) is 6.07 Å². The molecule has 0 saturated carbocycles. The Kier molecular flexibility index (Phi) is 4.63. The molecule has 22 heavy (non-hydrogen) atoms. The summed E-state index contributed by atoms with van der Waals surface area (Å²) in [4.78, 5) is 22.2. The van der Waals surface area contributed by atoms with Crippen molar-refractivity contribution in [3.05, 3.63) is 75.8 Å². The number of carbonyl (C=O) groups is 1. The molecule has 6 nitrogen and oxygen atoms in total. The Morgan fingerprint density at radius 2 is 1.86 bits per heavy atom. The van der Waals surface area contributed by atoms with E-state index in [-0.39, 0.29) is 5.69 Å². The first kappa shape index (κ1) is 14.9. The van der Waals surface area contributed by atoms with Gasteiger partial charge in [0.25, 0.3) is 5.69 Å². The molecule has 1 amide bonds. The molecule has 1 N–H and O–H groups in total. The monoisotopic (exact) mass is 293 g/mol. The van der Waals surface area contributed by atoms with E-state index in [2.05, 4.69) is 5.32 Å². The van der Waals surface area contributed by atoms with Gasteiger partial charge in [0.1, 0.15) is 6.07 Å². The average Bonchev–Trinajstić information content (AvgIpc) is 2.53. The van der Waals surface area contributed by atoms with Crippen LogP contribution in [-0.2, 0) is 4.79 Å². The van der Waals surface area contributed by atoms with E-state index >= 15 is 0 Å². The fraction of sp³-hybridized carbons (Fsp3) is 0. The Balaban J connectivity index is 2.16. The summed E-state index contributed by atoms with van der Waals surface area (Å²) in [5.74, 6) is -0.471. The summed E-state index contributed by atoms with van der Waals surface area (Å²) in [6.45, 7) is 0. The van der Waals surface area contributed by atoms with Crippen molar-refractivity contribution in [3.63, 3.8) is 0 Å². The lowest BCUT2D eigenvalue weighted by Gasteiger charge is -2.03. The predicted octanol–water partition coefficient (Wildman–Crippen LogP) is 3.12. The van der Waals surface area contributed by atoms with Gasteiger partial charge in [-0.05, 0) is 24.3 Å². The van der Waals surface area contributed by atoms with Gasteiger partial charge in [-0.15, -0.1) is 0 Å². The molecule has 0 saturated heterocycles. The van der Waals surface area contributed by atoms with Gasteiger partial charge in [0.2, 0.25) is 5.91 Å². The van der Waals surface area contributed by atoms with Gasteiger partial charge in [-0.2, -0.15) is 5.26 Å². The SMILES string of the molecule is N#Cc1ccccc1NC(=O)/C=C/c1ccccc1[N+](=O)[O-]. The van der Waals surface area contributed by atoms with E-state index in [4.69, 9.17) is 5.26 Å². The van der Waals surface area contributed by atoms with Crippen LogP contribution in [0.1, 0.15) is 11.1 Å². The highest BCUT2D eigenvalue weighted by Crippen LogP contribution is 2.19. The minimum Gasteiger partial charge on any atom is -0.321 e. The van der Waals surface area contributed by atoms with E-state index in [1.807, 2.05) is 6.07 Å². The van der Waals surface area contributed by atoms with Gasteiger partial charge >= 0.3 is 0 Å². The van der Waals surface area contributed by atoms with Crippen LogP contribution in [0.3, 0.4) is 0 Å². The molecule has 0 aromatic heterocycles. The van der Waals surface area contributed by atoms with Gasteiger partial charge in [0, 0.05) is 12.1 Å². The van der Waals surface area contributed by atoms with Gasteiger partial charge in [-0.25, -0.2) is 0 Å². The number of hydrogen-bond donors (Lipinski definition) is 1. The van der Waals surface area contributed by atoms with Crippen molar-refractivity contribution in [1.29, 1.82) is 5.26 Å². The highest BCUT2D eigenvalue weighted by Gasteiger charge is 2.10. The summed E-state index contributed by atoms with van der Waals surface area (Å²) >= 11 is 0. The zero-order valence-corrected chi connectivity index (χ0v) is 11.4. The molecule has 0 aliphatic rings. The summed E-state index contributed by atoms with van der Waals surface area (Å²) < 4.78 is 0. The number of nitrogens with zero attached hydrogens (tertiary/aromatic N) is 2. The number of nitro benzene ring substituents is 1. The molecule has 0 aliphatic heterocycles. The van der Waals surface area contributed by atoms with E-state index in [0.29, 0.717) is 16.8 Å². The Hall–Kier alpha value is -3.46. The molecule has 0 heterocycles. The maximum absolute atomic E-state index is 11.9. The van der Waals surface area contributed by atoms with Gasteiger partial charge in [0.05, 0.1) is 21.7 Å². The lowest BCUT2D eigenvalue weighted by Crippen LogP contribution is -2.09. The minimum absolute atomic E-state index is 0.0797. The Morgan fingerprint density at radius 1 is 1.18 bits per heavy atom. The second-order valence-corrected chi connectivity index (χ2v) is 4.30. The number of rotatable bonds is 4. The van der Waals surface area contributed by atoms with Crippen molar-refractivity contribution in [2.24, 2.45) is 0 Å². The molecule has 108 valence electrons. The van der Waals surface area contributed by atoms with E-state index < -0.39 is 10.8 Å². The van der Waals surface area contributed by atoms with E-state index in [1.165, 1.54) is 18.2 Å². The molecular formula is C16H11N3O3. The molecule has 2 rings (SSSR count). The number of amides is 1. The highest BCUT2D eigenvalue weighted by atomic mass is 16.6. The van der Waals surface area contributed by atoms with Crippen LogP contribution < -0.4 is 5.32 Å². The maximum atomic E-state index is 11.9. The molecule has 0 radical (unpaired) electrons. The first-order valence-electron chi connectivity index (χ1n) is 6.33. The Labute approximate surface area is 126 Å². The van der Waals surface area contributed by atoms with Gasteiger partial charge in [-0.3, -0.25) is 14.9 Å². The zero-order chi connectivity index (χ0) is 15.9. The van der Waals surface area contributed by atoms with Crippen LogP contribution in [0.4, 0.5) is 11.4 Å². The number of hydrogen-bond acceptors (Lipinski definition) is 4. The van der Waals surface area contributed by atoms with Crippen LogP contribution in [-0.4, -0.2) is 10.8 Å². The third-order valence-corrected chi connectivity index (χ3v) is 2.85. The van der Waals surface area contributed by atoms with Crippen LogP contribution in [0.5, 0.6) is 0 Å². The van der Waals surface area contributed by atoms with E-state index in [9.17, 15) is 14.9 Å².